The van der Waals surface area contributed by atoms with Crippen molar-refractivity contribution in [2.45, 2.75) is 46.1 Å². The van der Waals surface area contributed by atoms with Gasteiger partial charge in [0, 0.05) is 16.6 Å². The molecular formula is C18H21NOS. The molecule has 0 saturated heterocycles. The van der Waals surface area contributed by atoms with Crippen LogP contribution in [0.1, 0.15) is 45.9 Å². The molecular weight excluding hydrogens is 278 g/mol. The molecule has 1 atom stereocenters. The van der Waals surface area contributed by atoms with Crippen molar-refractivity contribution in [3.8, 4) is 0 Å². The topological polar surface area (TPSA) is 20.3 Å². The zero-order valence-corrected chi connectivity index (χ0v) is 13.7. The lowest BCUT2D eigenvalue weighted by atomic mass is 9.96. The van der Waals surface area contributed by atoms with Gasteiger partial charge in [0.05, 0.1) is 4.88 Å². The molecule has 0 aliphatic carbocycles. The minimum atomic E-state index is 0.155. The number of carbonyl (C=O) groups is 1. The quantitative estimate of drug-likeness (QED) is 0.793. The third-order valence-electron chi connectivity index (χ3n) is 4.29. The highest BCUT2D eigenvalue weighted by molar-refractivity contribution is 7.14. The normalized spacial score (nSPS) is 17.7. The van der Waals surface area contributed by atoms with Crippen LogP contribution in [-0.4, -0.2) is 11.9 Å². The number of anilines is 1. The molecule has 2 aromatic rings. The van der Waals surface area contributed by atoms with Crippen LogP contribution in [0.5, 0.6) is 0 Å². The number of para-hydroxylation sites is 1. The second kappa shape index (κ2) is 5.64. The largest absolute Gasteiger partial charge is 0.305 e. The maximum absolute atomic E-state index is 13.0. The Morgan fingerprint density at radius 3 is 2.86 bits per heavy atom. The van der Waals surface area contributed by atoms with Crippen LogP contribution in [0.25, 0.3) is 0 Å². The van der Waals surface area contributed by atoms with E-state index in [0.29, 0.717) is 0 Å². The van der Waals surface area contributed by atoms with Gasteiger partial charge in [-0.2, -0.15) is 0 Å². The van der Waals surface area contributed by atoms with E-state index in [0.717, 1.165) is 29.8 Å². The summed E-state index contributed by atoms with van der Waals surface area (Å²) in [6, 6.07) is 10.6. The van der Waals surface area contributed by atoms with E-state index in [1.54, 1.807) is 11.3 Å². The van der Waals surface area contributed by atoms with Gasteiger partial charge in [0.15, 0.2) is 0 Å². The summed E-state index contributed by atoms with van der Waals surface area (Å²) in [5.41, 5.74) is 3.61. The first-order valence-electron chi connectivity index (χ1n) is 7.62. The van der Waals surface area contributed by atoms with E-state index in [2.05, 4.69) is 45.0 Å². The third-order valence-corrected chi connectivity index (χ3v) is 5.66. The summed E-state index contributed by atoms with van der Waals surface area (Å²) < 4.78 is 0. The van der Waals surface area contributed by atoms with E-state index >= 15 is 0 Å². The maximum atomic E-state index is 13.0. The Hall–Kier alpha value is -1.61. The number of rotatable bonds is 2. The lowest BCUT2D eigenvalue weighted by Gasteiger charge is -2.35. The average molecular weight is 299 g/mol. The predicted octanol–water partition coefficient (Wildman–Crippen LogP) is 4.60. The van der Waals surface area contributed by atoms with Gasteiger partial charge in [0.2, 0.25) is 0 Å². The second-order valence-electron chi connectivity index (χ2n) is 5.76. The number of fused-ring (bicyclic) bond motifs is 1. The Balaban J connectivity index is 2.00. The molecule has 1 aromatic heterocycles. The lowest BCUT2D eigenvalue weighted by molar-refractivity contribution is 0.0979. The smallest absolute Gasteiger partial charge is 0.268 e. The monoisotopic (exact) mass is 299 g/mol. The molecule has 0 fully saturated rings. The van der Waals surface area contributed by atoms with Crippen LogP contribution in [0.2, 0.25) is 0 Å². The first kappa shape index (κ1) is 14.3. The van der Waals surface area contributed by atoms with Gasteiger partial charge >= 0.3 is 0 Å². The van der Waals surface area contributed by atoms with E-state index in [1.807, 2.05) is 11.0 Å². The number of aryl methyl sites for hydroxylation is 3. The highest BCUT2D eigenvalue weighted by Crippen LogP contribution is 2.33. The lowest BCUT2D eigenvalue weighted by Crippen LogP contribution is -2.41. The van der Waals surface area contributed by atoms with Crippen molar-refractivity contribution in [2.75, 3.05) is 4.90 Å². The molecule has 2 nitrogen and oxygen atoms in total. The minimum Gasteiger partial charge on any atom is -0.305 e. The molecule has 3 rings (SSSR count). The maximum Gasteiger partial charge on any atom is 0.268 e. The summed E-state index contributed by atoms with van der Waals surface area (Å²) in [6.45, 7) is 6.39. The van der Waals surface area contributed by atoms with Crippen molar-refractivity contribution in [1.29, 1.82) is 0 Å². The predicted molar refractivity (Wildman–Crippen MR) is 89.5 cm³/mol. The van der Waals surface area contributed by atoms with Crippen LogP contribution in [-0.2, 0) is 12.8 Å². The number of benzene rings is 1. The SMILES string of the molecule is CCc1sc(C(=O)N2c3ccccc3CCC2C)cc1C. The van der Waals surface area contributed by atoms with E-state index in [9.17, 15) is 4.79 Å². The van der Waals surface area contributed by atoms with Gasteiger partial charge in [0.1, 0.15) is 0 Å². The highest BCUT2D eigenvalue weighted by Gasteiger charge is 2.29. The third kappa shape index (κ3) is 2.51. The fourth-order valence-corrected chi connectivity index (χ4v) is 4.14. The van der Waals surface area contributed by atoms with E-state index in [-0.39, 0.29) is 11.9 Å². The number of amides is 1. The molecule has 110 valence electrons. The fourth-order valence-electron chi connectivity index (χ4n) is 3.09. The molecule has 21 heavy (non-hydrogen) atoms. The minimum absolute atomic E-state index is 0.155. The number of carbonyl (C=O) groups excluding carboxylic acids is 1. The van der Waals surface area contributed by atoms with Gasteiger partial charge in [-0.25, -0.2) is 0 Å². The molecule has 1 aliphatic rings. The Bertz CT molecular complexity index is 674. The zero-order valence-electron chi connectivity index (χ0n) is 12.8. The Morgan fingerprint density at radius 2 is 2.14 bits per heavy atom. The molecule has 3 heteroatoms. The van der Waals surface area contributed by atoms with Crippen LogP contribution < -0.4 is 4.90 Å². The second-order valence-corrected chi connectivity index (χ2v) is 6.90. The van der Waals surface area contributed by atoms with E-state index in [1.165, 1.54) is 16.0 Å². The summed E-state index contributed by atoms with van der Waals surface area (Å²) in [5.74, 6) is 0.155. The standard InChI is InChI=1S/C18H21NOS/c1-4-16-12(2)11-17(21-16)18(20)19-13(3)9-10-14-7-5-6-8-15(14)19/h5-8,11,13H,4,9-10H2,1-3H3. The van der Waals surface area contributed by atoms with Gasteiger partial charge in [-0.1, -0.05) is 25.1 Å². The van der Waals surface area contributed by atoms with Crippen LogP contribution in [0.4, 0.5) is 5.69 Å². The van der Waals surface area contributed by atoms with Crippen LogP contribution >= 0.6 is 11.3 Å². The summed E-state index contributed by atoms with van der Waals surface area (Å²) in [5, 5.41) is 0. The molecule has 0 spiro atoms. The molecule has 1 aliphatic heterocycles. The summed E-state index contributed by atoms with van der Waals surface area (Å²) in [4.78, 5) is 17.2. The molecule has 0 bridgehead atoms. The molecule has 1 aromatic carbocycles. The number of thiophene rings is 1. The molecule has 1 unspecified atom stereocenters. The van der Waals surface area contributed by atoms with Crippen LogP contribution in [0.15, 0.2) is 30.3 Å². The molecule has 2 heterocycles. The summed E-state index contributed by atoms with van der Waals surface area (Å²) >= 11 is 1.65. The summed E-state index contributed by atoms with van der Waals surface area (Å²) in [7, 11) is 0. The zero-order chi connectivity index (χ0) is 15.0. The van der Waals surface area contributed by atoms with Gasteiger partial charge in [-0.3, -0.25) is 4.79 Å². The van der Waals surface area contributed by atoms with Crippen molar-refractivity contribution in [1.82, 2.24) is 0 Å². The van der Waals surface area contributed by atoms with Gasteiger partial charge in [-0.15, -0.1) is 11.3 Å². The Kier molecular flexibility index (Phi) is 3.85. The first-order valence-corrected chi connectivity index (χ1v) is 8.44. The van der Waals surface area contributed by atoms with Crippen molar-refractivity contribution < 1.29 is 4.79 Å². The highest BCUT2D eigenvalue weighted by atomic mass is 32.1. The van der Waals surface area contributed by atoms with E-state index in [4.69, 9.17) is 0 Å². The molecule has 0 saturated carbocycles. The van der Waals surface area contributed by atoms with Crippen molar-refractivity contribution in [2.24, 2.45) is 0 Å². The fraction of sp³-hybridized carbons (Fsp3) is 0.389. The average Bonchev–Trinajstić information content (AvgIpc) is 2.87. The van der Waals surface area contributed by atoms with Gasteiger partial charge in [0.25, 0.3) is 5.91 Å². The number of hydrogen-bond donors (Lipinski definition) is 0. The molecule has 0 radical (unpaired) electrons. The van der Waals surface area contributed by atoms with Crippen molar-refractivity contribution in [3.05, 3.63) is 51.2 Å². The van der Waals surface area contributed by atoms with Crippen molar-refractivity contribution >= 4 is 22.9 Å². The van der Waals surface area contributed by atoms with Crippen molar-refractivity contribution in [3.63, 3.8) is 0 Å². The van der Waals surface area contributed by atoms with Gasteiger partial charge in [-0.05, 0) is 56.4 Å². The number of nitrogens with zero attached hydrogens (tertiary/aromatic N) is 1. The Morgan fingerprint density at radius 1 is 1.38 bits per heavy atom. The number of hydrogen-bond acceptors (Lipinski definition) is 2. The van der Waals surface area contributed by atoms with Gasteiger partial charge < -0.3 is 4.90 Å². The van der Waals surface area contributed by atoms with Crippen LogP contribution in [0.3, 0.4) is 0 Å². The van der Waals surface area contributed by atoms with E-state index < -0.39 is 0 Å². The molecule has 0 N–H and O–H groups in total. The summed E-state index contributed by atoms with van der Waals surface area (Å²) in [6.07, 6.45) is 3.09. The Labute approximate surface area is 130 Å². The van der Waals surface area contributed by atoms with Crippen LogP contribution in [0, 0.1) is 6.92 Å². The first-order chi connectivity index (χ1) is 10.1. The molecule has 1 amide bonds.